The maximum atomic E-state index is 12.5. The number of nitrogens with zero attached hydrogens (tertiary/aromatic N) is 1. The fourth-order valence-corrected chi connectivity index (χ4v) is 4.63. The van der Waals surface area contributed by atoms with Crippen LogP contribution in [-0.2, 0) is 15.4 Å². The third-order valence-electron chi connectivity index (χ3n) is 4.83. The minimum absolute atomic E-state index is 0.0334. The van der Waals surface area contributed by atoms with Crippen molar-refractivity contribution in [1.29, 1.82) is 0 Å². The first kappa shape index (κ1) is 19.6. The predicted molar refractivity (Wildman–Crippen MR) is 108 cm³/mol. The Morgan fingerprint density at radius 1 is 0.926 bits per heavy atom. The van der Waals surface area contributed by atoms with E-state index in [-0.39, 0.29) is 16.2 Å². The van der Waals surface area contributed by atoms with Crippen molar-refractivity contribution in [2.45, 2.75) is 43.9 Å². The minimum Gasteiger partial charge on any atom is -0.322 e. The van der Waals surface area contributed by atoms with Gasteiger partial charge >= 0.3 is 0 Å². The van der Waals surface area contributed by atoms with Crippen molar-refractivity contribution in [3.05, 3.63) is 59.7 Å². The molecule has 0 bridgehead atoms. The van der Waals surface area contributed by atoms with E-state index in [2.05, 4.69) is 26.1 Å². The number of hydrogen-bond acceptors (Lipinski definition) is 3. The maximum absolute atomic E-state index is 12.5. The molecule has 2 aromatic carbocycles. The zero-order valence-corrected chi connectivity index (χ0v) is 16.8. The summed E-state index contributed by atoms with van der Waals surface area (Å²) in [6, 6.07) is 13.9. The molecule has 6 heteroatoms. The Morgan fingerprint density at radius 3 is 2.00 bits per heavy atom. The van der Waals surface area contributed by atoms with Crippen molar-refractivity contribution < 1.29 is 13.2 Å². The van der Waals surface area contributed by atoms with Crippen LogP contribution in [-0.4, -0.2) is 31.7 Å². The van der Waals surface area contributed by atoms with Crippen LogP contribution in [0.2, 0.25) is 0 Å². The van der Waals surface area contributed by atoms with Crippen LogP contribution in [0.3, 0.4) is 0 Å². The van der Waals surface area contributed by atoms with Gasteiger partial charge in [-0.05, 0) is 60.2 Å². The molecule has 1 fully saturated rings. The average Bonchev–Trinajstić information content (AvgIpc) is 3.17. The Hall–Kier alpha value is -2.18. The number of nitrogens with one attached hydrogen (secondary N) is 1. The Labute approximate surface area is 161 Å². The van der Waals surface area contributed by atoms with Gasteiger partial charge in [0.05, 0.1) is 4.90 Å². The number of carbonyl (C=O) groups is 1. The summed E-state index contributed by atoms with van der Waals surface area (Å²) >= 11 is 0. The van der Waals surface area contributed by atoms with Gasteiger partial charge < -0.3 is 5.32 Å². The van der Waals surface area contributed by atoms with E-state index >= 15 is 0 Å². The first-order chi connectivity index (χ1) is 12.7. The van der Waals surface area contributed by atoms with Crippen molar-refractivity contribution in [2.24, 2.45) is 0 Å². The van der Waals surface area contributed by atoms with Crippen molar-refractivity contribution in [1.82, 2.24) is 4.31 Å². The quantitative estimate of drug-likeness (QED) is 0.863. The Kier molecular flexibility index (Phi) is 5.40. The number of anilines is 1. The molecule has 0 aromatic heterocycles. The molecule has 0 saturated carbocycles. The second kappa shape index (κ2) is 7.44. The molecule has 1 heterocycles. The SMILES string of the molecule is CC(C)(C)c1ccc(C(=O)Nc2ccc(S(=O)(=O)N3CCCC3)cc2)cc1. The molecule has 5 nitrogen and oxygen atoms in total. The van der Waals surface area contributed by atoms with Crippen molar-refractivity contribution in [3.63, 3.8) is 0 Å². The fourth-order valence-electron chi connectivity index (χ4n) is 3.11. The lowest BCUT2D eigenvalue weighted by Crippen LogP contribution is -2.27. The zero-order chi connectivity index (χ0) is 19.7. The van der Waals surface area contributed by atoms with E-state index in [0.717, 1.165) is 18.4 Å². The molecule has 1 saturated heterocycles. The third kappa shape index (κ3) is 4.39. The van der Waals surface area contributed by atoms with Gasteiger partial charge in [0.1, 0.15) is 0 Å². The summed E-state index contributed by atoms with van der Waals surface area (Å²) < 4.78 is 26.6. The molecule has 0 aliphatic carbocycles. The summed E-state index contributed by atoms with van der Waals surface area (Å²) in [5, 5.41) is 2.82. The van der Waals surface area contributed by atoms with Gasteiger partial charge in [0.15, 0.2) is 0 Å². The Bertz CT molecular complexity index is 905. The lowest BCUT2D eigenvalue weighted by atomic mass is 9.87. The highest BCUT2D eigenvalue weighted by Crippen LogP contribution is 2.24. The standard InChI is InChI=1S/C21H26N2O3S/c1-21(2,3)17-8-6-16(7-9-17)20(24)22-18-10-12-19(13-11-18)27(25,26)23-14-4-5-15-23/h6-13H,4-5,14-15H2,1-3H3,(H,22,24). The van der Waals surface area contributed by atoms with Crippen LogP contribution in [0.15, 0.2) is 53.4 Å². The molecule has 0 radical (unpaired) electrons. The van der Waals surface area contributed by atoms with Gasteiger partial charge in [-0.2, -0.15) is 4.31 Å². The number of sulfonamides is 1. The molecule has 27 heavy (non-hydrogen) atoms. The molecule has 1 aliphatic heterocycles. The molecule has 1 amide bonds. The largest absolute Gasteiger partial charge is 0.322 e. The van der Waals surface area contributed by atoms with Crippen LogP contribution in [0.5, 0.6) is 0 Å². The van der Waals surface area contributed by atoms with Gasteiger partial charge in [0, 0.05) is 24.3 Å². The molecule has 1 aliphatic rings. The molecular formula is C21H26N2O3S. The van der Waals surface area contributed by atoms with E-state index in [1.54, 1.807) is 24.3 Å². The normalized spacial score (nSPS) is 15.7. The first-order valence-electron chi connectivity index (χ1n) is 9.20. The lowest BCUT2D eigenvalue weighted by Gasteiger charge is -2.19. The van der Waals surface area contributed by atoms with E-state index in [1.807, 2.05) is 24.3 Å². The highest BCUT2D eigenvalue weighted by atomic mass is 32.2. The van der Waals surface area contributed by atoms with Gasteiger partial charge in [-0.1, -0.05) is 32.9 Å². The van der Waals surface area contributed by atoms with E-state index in [4.69, 9.17) is 0 Å². The Morgan fingerprint density at radius 2 is 1.48 bits per heavy atom. The summed E-state index contributed by atoms with van der Waals surface area (Å²) in [4.78, 5) is 12.7. The number of carbonyl (C=O) groups excluding carboxylic acids is 1. The smallest absolute Gasteiger partial charge is 0.255 e. The molecule has 3 rings (SSSR count). The highest BCUT2D eigenvalue weighted by Gasteiger charge is 2.27. The number of benzene rings is 2. The Balaban J connectivity index is 1.70. The fraction of sp³-hybridized carbons (Fsp3) is 0.381. The average molecular weight is 387 g/mol. The summed E-state index contributed by atoms with van der Waals surface area (Å²) in [7, 11) is -3.43. The second-order valence-corrected chi connectivity index (χ2v) is 9.85. The monoisotopic (exact) mass is 386 g/mol. The van der Waals surface area contributed by atoms with Gasteiger partial charge in [-0.3, -0.25) is 4.79 Å². The third-order valence-corrected chi connectivity index (χ3v) is 6.74. The first-order valence-corrected chi connectivity index (χ1v) is 10.6. The summed E-state index contributed by atoms with van der Waals surface area (Å²) in [5.74, 6) is -0.217. The molecule has 0 spiro atoms. The summed E-state index contributed by atoms with van der Waals surface area (Å²) in [5.41, 5.74) is 2.33. The lowest BCUT2D eigenvalue weighted by molar-refractivity contribution is 0.102. The van der Waals surface area contributed by atoms with Crippen LogP contribution < -0.4 is 5.32 Å². The van der Waals surface area contributed by atoms with Crippen LogP contribution in [0, 0.1) is 0 Å². The van der Waals surface area contributed by atoms with Crippen LogP contribution in [0.4, 0.5) is 5.69 Å². The van der Waals surface area contributed by atoms with Gasteiger partial charge in [-0.25, -0.2) is 8.42 Å². The maximum Gasteiger partial charge on any atom is 0.255 e. The molecule has 144 valence electrons. The number of amides is 1. The van der Waals surface area contributed by atoms with Crippen molar-refractivity contribution >= 4 is 21.6 Å². The van der Waals surface area contributed by atoms with E-state index in [9.17, 15) is 13.2 Å². The number of rotatable bonds is 4. The van der Waals surface area contributed by atoms with E-state index in [0.29, 0.717) is 24.3 Å². The van der Waals surface area contributed by atoms with Crippen molar-refractivity contribution in [2.75, 3.05) is 18.4 Å². The highest BCUT2D eigenvalue weighted by molar-refractivity contribution is 7.89. The number of hydrogen-bond donors (Lipinski definition) is 1. The summed E-state index contributed by atoms with van der Waals surface area (Å²) in [6.45, 7) is 7.52. The predicted octanol–water partition coefficient (Wildman–Crippen LogP) is 4.02. The molecule has 0 unspecified atom stereocenters. The van der Waals surface area contributed by atoms with Gasteiger partial charge in [0.2, 0.25) is 10.0 Å². The minimum atomic E-state index is -3.43. The van der Waals surface area contributed by atoms with Gasteiger partial charge in [0.25, 0.3) is 5.91 Å². The van der Waals surface area contributed by atoms with Crippen LogP contribution in [0.1, 0.15) is 49.5 Å². The zero-order valence-electron chi connectivity index (χ0n) is 16.0. The molecule has 2 aromatic rings. The molecule has 1 N–H and O–H groups in total. The molecular weight excluding hydrogens is 360 g/mol. The van der Waals surface area contributed by atoms with E-state index in [1.165, 1.54) is 4.31 Å². The molecule has 0 atom stereocenters. The van der Waals surface area contributed by atoms with Gasteiger partial charge in [-0.15, -0.1) is 0 Å². The summed E-state index contributed by atoms with van der Waals surface area (Å²) in [6.07, 6.45) is 1.81. The van der Waals surface area contributed by atoms with E-state index < -0.39 is 10.0 Å². The topological polar surface area (TPSA) is 66.5 Å². The second-order valence-electron chi connectivity index (χ2n) is 7.92. The van der Waals surface area contributed by atoms with Crippen molar-refractivity contribution in [3.8, 4) is 0 Å². The van der Waals surface area contributed by atoms with Crippen LogP contribution >= 0.6 is 0 Å². The van der Waals surface area contributed by atoms with Crippen LogP contribution in [0.25, 0.3) is 0 Å².